The lowest BCUT2D eigenvalue weighted by Crippen LogP contribution is -1.95. The smallest absolute Gasteiger partial charge is 0.125 e. The first-order valence-electron chi connectivity index (χ1n) is 5.26. The summed E-state index contributed by atoms with van der Waals surface area (Å²) in [7, 11) is 1.62. The van der Waals surface area contributed by atoms with E-state index < -0.39 is 0 Å². The fourth-order valence-corrected chi connectivity index (χ4v) is 3.75. The monoisotopic (exact) mass is 364 g/mol. The maximum atomic E-state index is 6.52. The first kappa shape index (κ1) is 14.2. The van der Waals surface area contributed by atoms with Crippen LogP contribution in [0.25, 0.3) is 0 Å². The van der Waals surface area contributed by atoms with E-state index in [0.717, 1.165) is 14.9 Å². The molecule has 1 atom stereocenters. The van der Waals surface area contributed by atoms with Crippen LogP contribution in [0.1, 0.15) is 20.7 Å². The highest BCUT2D eigenvalue weighted by atomic mass is 79.9. The van der Waals surface area contributed by atoms with Crippen molar-refractivity contribution in [2.75, 3.05) is 7.11 Å². The summed E-state index contributed by atoms with van der Waals surface area (Å²) in [4.78, 5) is 2.30. The molecule has 1 nitrogen and oxygen atoms in total. The summed E-state index contributed by atoms with van der Waals surface area (Å²) in [5.41, 5.74) is 0.928. The van der Waals surface area contributed by atoms with Crippen LogP contribution in [-0.4, -0.2) is 7.11 Å². The Morgan fingerprint density at radius 3 is 2.61 bits per heavy atom. The third kappa shape index (κ3) is 2.85. The van der Waals surface area contributed by atoms with Gasteiger partial charge in [0.05, 0.1) is 12.5 Å². The predicted molar refractivity (Wildman–Crippen MR) is 82.5 cm³/mol. The quantitative estimate of drug-likeness (QED) is 0.623. The SMILES string of the molecule is COc1cc(Cl)ccc1C(Cl)c1cc(Br)c(C)s1. The zero-order valence-corrected chi connectivity index (χ0v) is 13.8. The highest BCUT2D eigenvalue weighted by Crippen LogP contribution is 2.41. The van der Waals surface area contributed by atoms with Crippen LogP contribution in [0, 0.1) is 6.92 Å². The van der Waals surface area contributed by atoms with Gasteiger partial charge < -0.3 is 4.74 Å². The molecule has 1 aromatic heterocycles. The highest BCUT2D eigenvalue weighted by molar-refractivity contribution is 9.10. The third-order valence-electron chi connectivity index (χ3n) is 2.59. The van der Waals surface area contributed by atoms with E-state index in [1.54, 1.807) is 24.5 Å². The van der Waals surface area contributed by atoms with Gasteiger partial charge in [0.25, 0.3) is 0 Å². The van der Waals surface area contributed by atoms with Gasteiger partial charge in [0.15, 0.2) is 0 Å². The van der Waals surface area contributed by atoms with E-state index in [2.05, 4.69) is 22.9 Å². The number of thiophene rings is 1. The molecule has 1 aromatic carbocycles. The molecule has 0 spiro atoms. The number of aryl methyl sites for hydroxylation is 1. The molecule has 0 bridgehead atoms. The van der Waals surface area contributed by atoms with Gasteiger partial charge in [-0.2, -0.15) is 0 Å². The summed E-state index contributed by atoms with van der Waals surface area (Å²) in [6.45, 7) is 2.06. The minimum absolute atomic E-state index is 0.229. The lowest BCUT2D eigenvalue weighted by atomic mass is 10.1. The number of ether oxygens (including phenoxy) is 1. The molecule has 1 unspecified atom stereocenters. The lowest BCUT2D eigenvalue weighted by molar-refractivity contribution is 0.410. The molecular weight excluding hydrogens is 355 g/mol. The number of alkyl halides is 1. The molecule has 0 saturated carbocycles. The first-order valence-corrected chi connectivity index (χ1v) is 7.68. The maximum Gasteiger partial charge on any atom is 0.125 e. The van der Waals surface area contributed by atoms with Crippen molar-refractivity contribution in [3.63, 3.8) is 0 Å². The van der Waals surface area contributed by atoms with E-state index in [1.165, 1.54) is 4.88 Å². The molecule has 1 heterocycles. The molecule has 18 heavy (non-hydrogen) atoms. The highest BCUT2D eigenvalue weighted by Gasteiger charge is 2.18. The summed E-state index contributed by atoms with van der Waals surface area (Å²) in [5, 5.41) is 0.412. The lowest BCUT2D eigenvalue weighted by Gasteiger charge is -2.13. The van der Waals surface area contributed by atoms with Crippen molar-refractivity contribution in [2.24, 2.45) is 0 Å². The van der Waals surface area contributed by atoms with Crippen LogP contribution in [-0.2, 0) is 0 Å². The van der Waals surface area contributed by atoms with E-state index >= 15 is 0 Å². The number of benzene rings is 1. The van der Waals surface area contributed by atoms with E-state index in [9.17, 15) is 0 Å². The number of methoxy groups -OCH3 is 1. The second-order valence-electron chi connectivity index (χ2n) is 3.80. The molecule has 5 heteroatoms. The molecule has 0 aliphatic heterocycles. The summed E-state index contributed by atoms with van der Waals surface area (Å²) in [6, 6.07) is 7.56. The zero-order chi connectivity index (χ0) is 13.3. The topological polar surface area (TPSA) is 9.23 Å². The number of halogens is 3. The van der Waals surface area contributed by atoms with Gasteiger partial charge in [0.2, 0.25) is 0 Å². The zero-order valence-electron chi connectivity index (χ0n) is 9.84. The van der Waals surface area contributed by atoms with Crippen LogP contribution < -0.4 is 4.74 Å². The fourth-order valence-electron chi connectivity index (χ4n) is 1.65. The molecule has 0 saturated heterocycles. The van der Waals surface area contributed by atoms with E-state index in [-0.39, 0.29) is 5.38 Å². The Balaban J connectivity index is 2.42. The standard InChI is InChI=1S/C13H11BrCl2OS/c1-7-10(14)6-12(18-7)13(16)9-4-3-8(15)5-11(9)17-2/h3-6,13H,1-2H3. The second-order valence-corrected chi connectivity index (χ2v) is 6.82. The van der Waals surface area contributed by atoms with Crippen LogP contribution in [0.2, 0.25) is 5.02 Å². The third-order valence-corrected chi connectivity index (χ3v) is 5.63. The molecular formula is C13H11BrCl2OS. The van der Waals surface area contributed by atoms with Crippen molar-refractivity contribution in [3.05, 3.63) is 49.1 Å². The van der Waals surface area contributed by atoms with Crippen molar-refractivity contribution in [1.29, 1.82) is 0 Å². The van der Waals surface area contributed by atoms with Gasteiger partial charge in [-0.15, -0.1) is 22.9 Å². The second kappa shape index (κ2) is 5.83. The Bertz CT molecular complexity index is 549. The van der Waals surface area contributed by atoms with E-state index in [0.29, 0.717) is 10.8 Å². The Hall–Kier alpha value is -0.220. The van der Waals surface area contributed by atoms with Gasteiger partial charge in [-0.3, -0.25) is 0 Å². The van der Waals surface area contributed by atoms with Gasteiger partial charge >= 0.3 is 0 Å². The minimum atomic E-state index is -0.229. The van der Waals surface area contributed by atoms with Gasteiger partial charge in [-0.05, 0) is 41.1 Å². The Labute approximate surface area is 129 Å². The van der Waals surface area contributed by atoms with Gasteiger partial charge in [-0.25, -0.2) is 0 Å². The maximum absolute atomic E-state index is 6.52. The molecule has 0 aliphatic carbocycles. The number of hydrogen-bond donors (Lipinski definition) is 0. The summed E-state index contributed by atoms with van der Waals surface area (Å²) in [6.07, 6.45) is 0. The molecule has 0 aliphatic rings. The van der Waals surface area contributed by atoms with Crippen molar-refractivity contribution >= 4 is 50.5 Å². The van der Waals surface area contributed by atoms with Crippen LogP contribution in [0.5, 0.6) is 5.75 Å². The molecule has 2 rings (SSSR count). The fraction of sp³-hybridized carbons (Fsp3) is 0.231. The summed E-state index contributed by atoms with van der Waals surface area (Å²) < 4.78 is 6.41. The number of hydrogen-bond acceptors (Lipinski definition) is 2. The minimum Gasteiger partial charge on any atom is -0.496 e. The Kier molecular flexibility index (Phi) is 4.59. The van der Waals surface area contributed by atoms with Gasteiger partial charge in [0.1, 0.15) is 5.75 Å². The van der Waals surface area contributed by atoms with Crippen LogP contribution >= 0.6 is 50.5 Å². The molecule has 96 valence electrons. The Morgan fingerprint density at radius 2 is 2.06 bits per heavy atom. The van der Waals surface area contributed by atoms with Gasteiger partial charge in [-0.1, -0.05) is 17.7 Å². The van der Waals surface area contributed by atoms with Crippen LogP contribution in [0.4, 0.5) is 0 Å². The normalized spacial score (nSPS) is 12.5. The summed E-state index contributed by atoms with van der Waals surface area (Å²) >= 11 is 17.6. The predicted octanol–water partition coefficient (Wildman–Crippen LogP) is 5.81. The largest absolute Gasteiger partial charge is 0.496 e. The molecule has 0 amide bonds. The van der Waals surface area contributed by atoms with Crippen molar-refractivity contribution in [3.8, 4) is 5.75 Å². The van der Waals surface area contributed by atoms with Crippen LogP contribution in [0.3, 0.4) is 0 Å². The van der Waals surface area contributed by atoms with Crippen molar-refractivity contribution < 1.29 is 4.74 Å². The average Bonchev–Trinajstić information content (AvgIpc) is 2.68. The Morgan fingerprint density at radius 1 is 1.33 bits per heavy atom. The molecule has 0 radical (unpaired) electrons. The summed E-state index contributed by atoms with van der Waals surface area (Å²) in [5.74, 6) is 0.713. The van der Waals surface area contributed by atoms with E-state index in [1.807, 2.05) is 18.2 Å². The van der Waals surface area contributed by atoms with E-state index in [4.69, 9.17) is 27.9 Å². The molecule has 0 N–H and O–H groups in total. The molecule has 2 aromatic rings. The van der Waals surface area contributed by atoms with Crippen molar-refractivity contribution in [2.45, 2.75) is 12.3 Å². The molecule has 0 fully saturated rings. The van der Waals surface area contributed by atoms with Crippen LogP contribution in [0.15, 0.2) is 28.7 Å². The van der Waals surface area contributed by atoms with Gasteiger partial charge in [0, 0.05) is 24.8 Å². The van der Waals surface area contributed by atoms with Crippen molar-refractivity contribution in [1.82, 2.24) is 0 Å². The average molecular weight is 366 g/mol. The first-order chi connectivity index (χ1) is 8.52. The number of rotatable bonds is 3.